The molecular formula is C10H16N2O4. The van der Waals surface area contributed by atoms with E-state index in [2.05, 4.69) is 4.74 Å². The molecule has 1 rings (SSSR count). The van der Waals surface area contributed by atoms with Crippen LogP contribution in [-0.2, 0) is 19.1 Å². The Morgan fingerprint density at radius 2 is 2.00 bits per heavy atom. The lowest BCUT2D eigenvalue weighted by molar-refractivity contribution is -0.146. The van der Waals surface area contributed by atoms with E-state index in [4.69, 9.17) is 0 Å². The summed E-state index contributed by atoms with van der Waals surface area (Å²) in [5.74, 6) is -0.654. The molecule has 6 nitrogen and oxygen atoms in total. The normalized spacial score (nSPS) is 16.2. The molecule has 6 heteroatoms. The molecule has 0 bridgehead atoms. The van der Waals surface area contributed by atoms with E-state index in [0.717, 1.165) is 0 Å². The number of rotatable bonds is 3. The highest BCUT2D eigenvalue weighted by Gasteiger charge is 2.24. The molecule has 1 aliphatic rings. The van der Waals surface area contributed by atoms with Gasteiger partial charge in [-0.1, -0.05) is 0 Å². The molecule has 1 heterocycles. The number of amides is 2. The zero-order valence-corrected chi connectivity index (χ0v) is 9.56. The van der Waals surface area contributed by atoms with Crippen LogP contribution in [0.15, 0.2) is 0 Å². The van der Waals surface area contributed by atoms with Crippen molar-refractivity contribution in [3.05, 3.63) is 0 Å². The summed E-state index contributed by atoms with van der Waals surface area (Å²) in [6, 6.07) is 0. The molecule has 1 aliphatic heterocycles. The highest BCUT2D eigenvalue weighted by Crippen LogP contribution is 2.05. The van der Waals surface area contributed by atoms with E-state index in [1.54, 1.807) is 11.9 Å². The highest BCUT2D eigenvalue weighted by molar-refractivity contribution is 5.87. The first-order chi connectivity index (χ1) is 7.54. The molecule has 0 spiro atoms. The van der Waals surface area contributed by atoms with Crippen LogP contribution in [0, 0.1) is 0 Å². The van der Waals surface area contributed by atoms with Gasteiger partial charge < -0.3 is 14.5 Å². The van der Waals surface area contributed by atoms with Crippen molar-refractivity contribution in [1.82, 2.24) is 9.80 Å². The van der Waals surface area contributed by atoms with Crippen molar-refractivity contribution in [3.8, 4) is 0 Å². The molecule has 0 saturated carbocycles. The molecule has 1 fully saturated rings. The Hall–Kier alpha value is -1.59. The lowest BCUT2D eigenvalue weighted by Gasteiger charge is -2.31. The van der Waals surface area contributed by atoms with Crippen LogP contribution in [0.5, 0.6) is 0 Å². The summed E-state index contributed by atoms with van der Waals surface area (Å²) < 4.78 is 4.44. The number of nitrogens with zero attached hydrogens (tertiary/aromatic N) is 2. The number of carbonyl (C=O) groups excluding carboxylic acids is 3. The maximum Gasteiger partial charge on any atom is 0.306 e. The molecule has 0 radical (unpaired) electrons. The van der Waals surface area contributed by atoms with Crippen molar-refractivity contribution in [3.63, 3.8) is 0 Å². The third-order valence-electron chi connectivity index (χ3n) is 2.58. The van der Waals surface area contributed by atoms with Crippen molar-refractivity contribution >= 4 is 17.8 Å². The third-order valence-corrected chi connectivity index (χ3v) is 2.58. The van der Waals surface area contributed by atoms with Crippen LogP contribution in [-0.4, -0.2) is 61.4 Å². The number of ether oxygens (including phenoxy) is 1. The maximum atomic E-state index is 11.6. The first-order valence-corrected chi connectivity index (χ1v) is 5.13. The van der Waals surface area contributed by atoms with Crippen LogP contribution in [0.3, 0.4) is 0 Å². The average Bonchev–Trinajstić information content (AvgIpc) is 2.29. The Morgan fingerprint density at radius 3 is 2.56 bits per heavy atom. The second-order valence-corrected chi connectivity index (χ2v) is 3.71. The summed E-state index contributed by atoms with van der Waals surface area (Å²) in [7, 11) is 2.99. The molecule has 0 aliphatic carbocycles. The molecule has 0 aromatic carbocycles. The molecule has 90 valence electrons. The minimum Gasteiger partial charge on any atom is -0.469 e. The number of piperazine rings is 1. The molecule has 0 aromatic heterocycles. The number of methoxy groups -OCH3 is 1. The first-order valence-electron chi connectivity index (χ1n) is 5.13. The topological polar surface area (TPSA) is 66.9 Å². The summed E-state index contributed by atoms with van der Waals surface area (Å²) >= 11 is 0. The van der Waals surface area contributed by atoms with Crippen LogP contribution < -0.4 is 0 Å². The van der Waals surface area contributed by atoms with Crippen molar-refractivity contribution < 1.29 is 19.1 Å². The SMILES string of the molecule is COC(=O)CCC(=O)N1CCN(C)C(=O)C1. The fourth-order valence-corrected chi connectivity index (χ4v) is 1.44. The standard InChI is InChI=1S/C10H16N2O4/c1-11-5-6-12(7-9(11)14)8(13)3-4-10(15)16-2/h3-7H2,1-2H3. The average molecular weight is 228 g/mol. The second-order valence-electron chi connectivity index (χ2n) is 3.71. The lowest BCUT2D eigenvalue weighted by atomic mass is 10.2. The number of likely N-dealkylation sites (N-methyl/N-ethyl adjacent to an activating group) is 1. The molecule has 1 saturated heterocycles. The predicted octanol–water partition coefficient (Wildman–Crippen LogP) is -0.760. The molecule has 0 unspecified atom stereocenters. The van der Waals surface area contributed by atoms with Crippen molar-refractivity contribution in [2.45, 2.75) is 12.8 Å². The summed E-state index contributed by atoms with van der Waals surface area (Å²) in [5.41, 5.74) is 0. The fraction of sp³-hybridized carbons (Fsp3) is 0.700. The van der Waals surface area contributed by atoms with E-state index in [9.17, 15) is 14.4 Å². The Morgan fingerprint density at radius 1 is 1.31 bits per heavy atom. The number of hydrogen-bond acceptors (Lipinski definition) is 4. The molecular weight excluding hydrogens is 212 g/mol. The fourth-order valence-electron chi connectivity index (χ4n) is 1.44. The molecule has 0 N–H and O–H groups in total. The van der Waals surface area contributed by atoms with E-state index in [1.807, 2.05) is 0 Å². The van der Waals surface area contributed by atoms with Gasteiger partial charge in [-0.25, -0.2) is 0 Å². The van der Waals surface area contributed by atoms with Gasteiger partial charge in [-0.3, -0.25) is 14.4 Å². The summed E-state index contributed by atoms with van der Waals surface area (Å²) in [4.78, 5) is 36.9. The van der Waals surface area contributed by atoms with E-state index < -0.39 is 5.97 Å². The van der Waals surface area contributed by atoms with Gasteiger partial charge in [-0.2, -0.15) is 0 Å². The van der Waals surface area contributed by atoms with Crippen molar-refractivity contribution in [2.75, 3.05) is 33.8 Å². The number of esters is 1. The van der Waals surface area contributed by atoms with Crippen molar-refractivity contribution in [1.29, 1.82) is 0 Å². The van der Waals surface area contributed by atoms with Gasteiger partial charge in [0.2, 0.25) is 11.8 Å². The second kappa shape index (κ2) is 5.48. The Balaban J connectivity index is 2.37. The van der Waals surface area contributed by atoms with Crippen molar-refractivity contribution in [2.24, 2.45) is 0 Å². The third kappa shape index (κ3) is 3.22. The van der Waals surface area contributed by atoms with Gasteiger partial charge in [-0.05, 0) is 0 Å². The summed E-state index contributed by atoms with van der Waals surface area (Å²) in [5, 5.41) is 0. The number of hydrogen-bond donors (Lipinski definition) is 0. The van der Waals surface area contributed by atoms with Gasteiger partial charge in [0.1, 0.15) is 0 Å². The minimum atomic E-state index is -0.409. The zero-order chi connectivity index (χ0) is 12.1. The number of carbonyl (C=O) groups is 3. The van der Waals surface area contributed by atoms with Gasteiger partial charge >= 0.3 is 5.97 Å². The van der Waals surface area contributed by atoms with Gasteiger partial charge in [0.25, 0.3) is 0 Å². The van der Waals surface area contributed by atoms with Crippen LogP contribution in [0.4, 0.5) is 0 Å². The van der Waals surface area contributed by atoms with Crippen LogP contribution in [0.1, 0.15) is 12.8 Å². The largest absolute Gasteiger partial charge is 0.469 e. The smallest absolute Gasteiger partial charge is 0.306 e. The van der Waals surface area contributed by atoms with E-state index in [0.29, 0.717) is 13.1 Å². The van der Waals surface area contributed by atoms with Gasteiger partial charge in [0.15, 0.2) is 0 Å². The minimum absolute atomic E-state index is 0.0653. The molecule has 0 aromatic rings. The zero-order valence-electron chi connectivity index (χ0n) is 9.56. The molecule has 2 amide bonds. The van der Waals surface area contributed by atoms with Gasteiger partial charge in [0.05, 0.1) is 20.1 Å². The van der Waals surface area contributed by atoms with E-state index >= 15 is 0 Å². The summed E-state index contributed by atoms with van der Waals surface area (Å²) in [6.45, 7) is 1.18. The van der Waals surface area contributed by atoms with Crippen LogP contribution in [0.2, 0.25) is 0 Å². The monoisotopic (exact) mass is 228 g/mol. The first kappa shape index (κ1) is 12.5. The Bertz CT molecular complexity index is 303. The quantitative estimate of drug-likeness (QED) is 0.595. The summed E-state index contributed by atoms with van der Waals surface area (Å²) in [6.07, 6.45) is 0.166. The molecule has 16 heavy (non-hydrogen) atoms. The maximum absolute atomic E-state index is 11.6. The Labute approximate surface area is 94.1 Å². The van der Waals surface area contributed by atoms with E-state index in [-0.39, 0.29) is 31.2 Å². The lowest BCUT2D eigenvalue weighted by Crippen LogP contribution is -2.50. The van der Waals surface area contributed by atoms with Gasteiger partial charge in [0, 0.05) is 26.6 Å². The van der Waals surface area contributed by atoms with E-state index in [1.165, 1.54) is 12.0 Å². The van der Waals surface area contributed by atoms with Crippen LogP contribution in [0.25, 0.3) is 0 Å². The van der Waals surface area contributed by atoms with Crippen LogP contribution >= 0.6 is 0 Å². The highest BCUT2D eigenvalue weighted by atomic mass is 16.5. The van der Waals surface area contributed by atoms with Gasteiger partial charge in [-0.15, -0.1) is 0 Å². The Kier molecular flexibility index (Phi) is 4.28. The molecule has 0 atom stereocenters. The predicted molar refractivity (Wildman–Crippen MR) is 55.5 cm³/mol.